The van der Waals surface area contributed by atoms with E-state index in [0.29, 0.717) is 11.1 Å². The minimum absolute atomic E-state index is 0.209. The maximum Gasteiger partial charge on any atom is 0.415 e. The second kappa shape index (κ2) is 3.65. The summed E-state index contributed by atoms with van der Waals surface area (Å²) >= 11 is 0. The van der Waals surface area contributed by atoms with Gasteiger partial charge in [0.05, 0.1) is 12.0 Å². The molecule has 0 aliphatic carbocycles. The van der Waals surface area contributed by atoms with E-state index in [2.05, 4.69) is 0 Å². The predicted octanol–water partition coefficient (Wildman–Crippen LogP) is 1.71. The molecule has 6 heteroatoms. The van der Waals surface area contributed by atoms with E-state index >= 15 is 0 Å². The highest BCUT2D eigenvalue weighted by molar-refractivity contribution is 5.83. The second-order valence-corrected chi connectivity index (χ2v) is 3.05. The largest absolute Gasteiger partial charge is 0.493 e. The fourth-order valence-electron chi connectivity index (χ4n) is 1.39. The van der Waals surface area contributed by atoms with Crippen LogP contribution in [0.15, 0.2) is 33.5 Å². The molecule has 0 fully saturated rings. The van der Waals surface area contributed by atoms with Crippen molar-refractivity contribution >= 4 is 16.7 Å². The number of ether oxygens (including phenoxy) is 1. The molecular formula is C10H7NO5. The molecule has 0 aliphatic rings. The van der Waals surface area contributed by atoms with Gasteiger partial charge in [0, 0.05) is 11.5 Å². The van der Waals surface area contributed by atoms with Gasteiger partial charge in [-0.1, -0.05) is 12.1 Å². The third kappa shape index (κ3) is 1.50. The smallest absolute Gasteiger partial charge is 0.415 e. The number of para-hydroxylation sites is 1. The average Bonchev–Trinajstić information content (AvgIpc) is 2.27. The van der Waals surface area contributed by atoms with Crippen LogP contribution in [0.25, 0.3) is 11.0 Å². The Kier molecular flexibility index (Phi) is 2.32. The number of hydrogen-bond acceptors (Lipinski definition) is 5. The van der Waals surface area contributed by atoms with E-state index in [-0.39, 0.29) is 5.58 Å². The van der Waals surface area contributed by atoms with Gasteiger partial charge in [-0.25, -0.2) is 4.79 Å². The summed E-state index contributed by atoms with van der Waals surface area (Å²) in [5.74, 6) is 0.365. The standard InChI is InChI=1S/C10H7NO5/c1-15-8-4-2-3-6-5-7(11(13)14)10(12)16-9(6)8/h2-5H,1H3. The highest BCUT2D eigenvalue weighted by Gasteiger charge is 2.16. The molecule has 16 heavy (non-hydrogen) atoms. The summed E-state index contributed by atoms with van der Waals surface area (Å²) in [6.07, 6.45) is 0. The van der Waals surface area contributed by atoms with Gasteiger partial charge in [0.2, 0.25) is 0 Å². The second-order valence-electron chi connectivity index (χ2n) is 3.05. The first-order chi connectivity index (χ1) is 7.63. The number of rotatable bonds is 2. The first kappa shape index (κ1) is 10.2. The first-order valence-electron chi connectivity index (χ1n) is 4.38. The first-order valence-corrected chi connectivity index (χ1v) is 4.38. The molecule has 0 bridgehead atoms. The molecule has 1 aromatic heterocycles. The van der Waals surface area contributed by atoms with Gasteiger partial charge in [0.1, 0.15) is 0 Å². The third-order valence-corrected chi connectivity index (χ3v) is 2.12. The van der Waals surface area contributed by atoms with Crippen LogP contribution < -0.4 is 10.4 Å². The Hall–Kier alpha value is -2.37. The van der Waals surface area contributed by atoms with Crippen LogP contribution in [0.3, 0.4) is 0 Å². The molecule has 0 unspecified atom stereocenters. The monoisotopic (exact) mass is 221 g/mol. The molecule has 0 aliphatic heterocycles. The molecule has 0 saturated carbocycles. The van der Waals surface area contributed by atoms with Crippen molar-refractivity contribution in [2.24, 2.45) is 0 Å². The molecule has 0 amide bonds. The van der Waals surface area contributed by atoms with Crippen LogP contribution in [-0.4, -0.2) is 12.0 Å². The fourth-order valence-corrected chi connectivity index (χ4v) is 1.39. The number of nitro groups is 1. The summed E-state index contributed by atoms with van der Waals surface area (Å²) in [6.45, 7) is 0. The molecule has 1 heterocycles. The van der Waals surface area contributed by atoms with Crippen molar-refractivity contribution in [3.8, 4) is 5.75 Å². The van der Waals surface area contributed by atoms with Gasteiger partial charge >= 0.3 is 11.3 Å². The molecule has 2 rings (SSSR count). The summed E-state index contributed by atoms with van der Waals surface area (Å²) in [7, 11) is 1.43. The highest BCUT2D eigenvalue weighted by Crippen LogP contribution is 2.25. The number of fused-ring (bicyclic) bond motifs is 1. The van der Waals surface area contributed by atoms with Crippen molar-refractivity contribution in [3.05, 3.63) is 44.8 Å². The lowest BCUT2D eigenvalue weighted by molar-refractivity contribution is -0.387. The minimum Gasteiger partial charge on any atom is -0.493 e. The lowest BCUT2D eigenvalue weighted by atomic mass is 10.2. The topological polar surface area (TPSA) is 82.6 Å². The lowest BCUT2D eigenvalue weighted by Gasteiger charge is -2.02. The van der Waals surface area contributed by atoms with Gasteiger partial charge in [-0.3, -0.25) is 10.1 Å². The molecule has 82 valence electrons. The van der Waals surface area contributed by atoms with E-state index in [1.54, 1.807) is 18.2 Å². The normalized spacial score (nSPS) is 10.3. The Morgan fingerprint density at radius 1 is 1.44 bits per heavy atom. The molecule has 0 saturated heterocycles. The van der Waals surface area contributed by atoms with Crippen LogP contribution >= 0.6 is 0 Å². The Morgan fingerprint density at radius 3 is 2.81 bits per heavy atom. The summed E-state index contributed by atoms with van der Waals surface area (Å²) in [4.78, 5) is 21.0. The Labute approximate surface area is 89.2 Å². The third-order valence-electron chi connectivity index (χ3n) is 2.12. The van der Waals surface area contributed by atoms with E-state index < -0.39 is 16.2 Å². The number of benzene rings is 1. The van der Waals surface area contributed by atoms with E-state index in [9.17, 15) is 14.9 Å². The van der Waals surface area contributed by atoms with Gasteiger partial charge in [-0.15, -0.1) is 0 Å². The molecule has 1 aromatic carbocycles. The van der Waals surface area contributed by atoms with Crippen molar-refractivity contribution in [2.45, 2.75) is 0 Å². The van der Waals surface area contributed by atoms with Crippen LogP contribution in [0.4, 0.5) is 5.69 Å². The maximum atomic E-state index is 11.3. The number of hydrogen-bond donors (Lipinski definition) is 0. The van der Waals surface area contributed by atoms with Crippen LogP contribution in [0.1, 0.15) is 0 Å². The summed E-state index contributed by atoms with van der Waals surface area (Å²) < 4.78 is 9.83. The number of methoxy groups -OCH3 is 1. The molecule has 2 aromatic rings. The zero-order valence-corrected chi connectivity index (χ0v) is 8.30. The van der Waals surface area contributed by atoms with Crippen molar-refractivity contribution in [1.29, 1.82) is 0 Å². The zero-order valence-electron chi connectivity index (χ0n) is 8.30. The molecule has 6 nitrogen and oxygen atoms in total. The Morgan fingerprint density at radius 2 is 2.19 bits per heavy atom. The SMILES string of the molecule is COc1cccc2cc([N+](=O)[O-])c(=O)oc12. The fraction of sp³-hybridized carbons (Fsp3) is 0.100. The zero-order chi connectivity index (χ0) is 11.7. The van der Waals surface area contributed by atoms with E-state index in [1.807, 2.05) is 0 Å². The molecular weight excluding hydrogens is 214 g/mol. The molecule has 0 N–H and O–H groups in total. The predicted molar refractivity (Wildman–Crippen MR) is 55.7 cm³/mol. The quantitative estimate of drug-likeness (QED) is 0.438. The minimum atomic E-state index is -0.984. The highest BCUT2D eigenvalue weighted by atomic mass is 16.6. The van der Waals surface area contributed by atoms with Gasteiger partial charge in [0.15, 0.2) is 11.3 Å². The lowest BCUT2D eigenvalue weighted by Crippen LogP contribution is -2.06. The van der Waals surface area contributed by atoms with Crippen molar-refractivity contribution in [2.75, 3.05) is 7.11 Å². The van der Waals surface area contributed by atoms with E-state index in [1.165, 1.54) is 13.2 Å². The summed E-state index contributed by atoms with van der Waals surface area (Å²) in [6, 6.07) is 6.04. The van der Waals surface area contributed by atoms with Crippen molar-refractivity contribution in [1.82, 2.24) is 0 Å². The van der Waals surface area contributed by atoms with Crippen molar-refractivity contribution in [3.63, 3.8) is 0 Å². The van der Waals surface area contributed by atoms with Crippen LogP contribution in [0, 0.1) is 10.1 Å². The van der Waals surface area contributed by atoms with Gasteiger partial charge in [-0.05, 0) is 6.07 Å². The van der Waals surface area contributed by atoms with E-state index in [4.69, 9.17) is 9.15 Å². The van der Waals surface area contributed by atoms with Crippen LogP contribution in [0.5, 0.6) is 5.75 Å². The summed E-state index contributed by atoms with van der Waals surface area (Å²) in [5.41, 5.74) is -1.36. The Bertz CT molecular complexity index is 616. The molecule has 0 radical (unpaired) electrons. The average molecular weight is 221 g/mol. The van der Waals surface area contributed by atoms with E-state index in [0.717, 1.165) is 0 Å². The maximum absolute atomic E-state index is 11.3. The van der Waals surface area contributed by atoms with Gasteiger partial charge < -0.3 is 9.15 Å². The van der Waals surface area contributed by atoms with Crippen molar-refractivity contribution < 1.29 is 14.1 Å². The van der Waals surface area contributed by atoms with Gasteiger partial charge in [0.25, 0.3) is 0 Å². The Balaban J connectivity index is 2.83. The van der Waals surface area contributed by atoms with Gasteiger partial charge in [-0.2, -0.15) is 0 Å². The summed E-state index contributed by atoms with van der Waals surface area (Å²) in [5, 5.41) is 11.0. The number of nitrogens with zero attached hydrogens (tertiary/aromatic N) is 1. The molecule has 0 spiro atoms. The van der Waals surface area contributed by atoms with Crippen LogP contribution in [-0.2, 0) is 0 Å². The molecule has 0 atom stereocenters. The van der Waals surface area contributed by atoms with Crippen LogP contribution in [0.2, 0.25) is 0 Å².